The van der Waals surface area contributed by atoms with Gasteiger partial charge in [-0.15, -0.1) is 0 Å². The van der Waals surface area contributed by atoms with Gasteiger partial charge in [-0.1, -0.05) is 6.07 Å². The Morgan fingerprint density at radius 3 is 2.75 bits per heavy atom. The molecule has 20 heavy (non-hydrogen) atoms. The van der Waals surface area contributed by atoms with Crippen LogP contribution in [0.5, 0.6) is 0 Å². The highest BCUT2D eigenvalue weighted by Crippen LogP contribution is 2.24. The maximum atomic E-state index is 9.96. The number of anilines is 1. The molecule has 0 aromatic carbocycles. The smallest absolute Gasteiger partial charge is 0.128 e. The molecular weight excluding hydrogens is 254 g/mol. The van der Waals surface area contributed by atoms with Crippen molar-refractivity contribution in [3.05, 3.63) is 23.9 Å². The van der Waals surface area contributed by atoms with E-state index in [1.165, 1.54) is 5.56 Å². The highest BCUT2D eigenvalue weighted by Gasteiger charge is 2.27. The highest BCUT2D eigenvalue weighted by molar-refractivity contribution is 5.40. The lowest BCUT2D eigenvalue weighted by atomic mass is 9.94. The molecule has 0 radical (unpaired) electrons. The number of rotatable bonds is 6. The van der Waals surface area contributed by atoms with Gasteiger partial charge in [0.15, 0.2) is 0 Å². The summed E-state index contributed by atoms with van der Waals surface area (Å²) in [5.41, 5.74) is 0.663. The number of methoxy groups -OCH3 is 1. The van der Waals surface area contributed by atoms with E-state index in [0.29, 0.717) is 0 Å². The number of ether oxygens (including phenoxy) is 1. The van der Waals surface area contributed by atoms with Gasteiger partial charge in [0.05, 0.1) is 12.2 Å². The Hall–Kier alpha value is -1.17. The maximum absolute atomic E-state index is 9.96. The first-order chi connectivity index (χ1) is 9.61. The SMILES string of the molecule is COCCNCc1ccc(N2CCC(C)(O)CC2)nc1. The molecule has 1 fully saturated rings. The van der Waals surface area contributed by atoms with E-state index in [0.717, 1.165) is 51.4 Å². The molecule has 0 bridgehead atoms. The van der Waals surface area contributed by atoms with E-state index in [1.807, 2.05) is 13.1 Å². The van der Waals surface area contributed by atoms with Crippen LogP contribution < -0.4 is 10.2 Å². The van der Waals surface area contributed by atoms with Crippen LogP contribution in [-0.4, -0.2) is 49.0 Å². The molecule has 0 atom stereocenters. The maximum Gasteiger partial charge on any atom is 0.128 e. The second-order valence-corrected chi connectivity index (χ2v) is 5.68. The zero-order chi connectivity index (χ0) is 14.4. The van der Waals surface area contributed by atoms with E-state index < -0.39 is 5.60 Å². The molecule has 0 aliphatic carbocycles. The van der Waals surface area contributed by atoms with E-state index in [-0.39, 0.29) is 0 Å². The van der Waals surface area contributed by atoms with Gasteiger partial charge in [-0.05, 0) is 31.4 Å². The third-order valence-corrected chi connectivity index (χ3v) is 3.79. The van der Waals surface area contributed by atoms with Crippen LogP contribution in [0.2, 0.25) is 0 Å². The zero-order valence-corrected chi connectivity index (χ0v) is 12.4. The van der Waals surface area contributed by atoms with Crippen LogP contribution in [0, 0.1) is 0 Å². The van der Waals surface area contributed by atoms with E-state index in [1.54, 1.807) is 7.11 Å². The topological polar surface area (TPSA) is 57.6 Å². The lowest BCUT2D eigenvalue weighted by molar-refractivity contribution is 0.0350. The minimum atomic E-state index is -0.512. The van der Waals surface area contributed by atoms with Crippen LogP contribution in [0.15, 0.2) is 18.3 Å². The standard InChI is InChI=1S/C15H25N3O2/c1-15(19)5-8-18(9-6-15)14-4-3-13(12-17-14)11-16-7-10-20-2/h3-4,12,16,19H,5-11H2,1-2H3. The molecule has 2 heterocycles. The molecule has 2 rings (SSSR count). The molecule has 1 aromatic rings. The lowest BCUT2D eigenvalue weighted by Crippen LogP contribution is -2.42. The molecule has 5 nitrogen and oxygen atoms in total. The van der Waals surface area contributed by atoms with Crippen LogP contribution in [-0.2, 0) is 11.3 Å². The third kappa shape index (κ3) is 4.44. The molecule has 5 heteroatoms. The van der Waals surface area contributed by atoms with E-state index in [4.69, 9.17) is 4.74 Å². The number of aromatic nitrogens is 1. The minimum Gasteiger partial charge on any atom is -0.390 e. The molecule has 112 valence electrons. The van der Waals surface area contributed by atoms with Crippen molar-refractivity contribution in [2.45, 2.75) is 31.9 Å². The Labute approximate surface area is 121 Å². The largest absolute Gasteiger partial charge is 0.390 e. The molecule has 0 spiro atoms. The average molecular weight is 279 g/mol. The van der Waals surface area contributed by atoms with E-state index in [9.17, 15) is 5.11 Å². The fraction of sp³-hybridized carbons (Fsp3) is 0.667. The van der Waals surface area contributed by atoms with Crippen molar-refractivity contribution in [1.82, 2.24) is 10.3 Å². The predicted octanol–water partition coefficient (Wildman–Crippen LogP) is 1.17. The molecule has 1 aromatic heterocycles. The quantitative estimate of drug-likeness (QED) is 0.766. The van der Waals surface area contributed by atoms with Crippen LogP contribution in [0.3, 0.4) is 0 Å². The van der Waals surface area contributed by atoms with Gasteiger partial charge in [0.2, 0.25) is 0 Å². The molecular formula is C15H25N3O2. The van der Waals surface area contributed by atoms with Gasteiger partial charge >= 0.3 is 0 Å². The number of hydrogen-bond donors (Lipinski definition) is 2. The molecule has 1 aliphatic rings. The molecule has 2 N–H and O–H groups in total. The molecule has 1 aliphatic heterocycles. The monoisotopic (exact) mass is 279 g/mol. The van der Waals surface area contributed by atoms with Gasteiger partial charge in [-0.25, -0.2) is 4.98 Å². The predicted molar refractivity (Wildman–Crippen MR) is 79.9 cm³/mol. The van der Waals surface area contributed by atoms with E-state index in [2.05, 4.69) is 27.3 Å². The zero-order valence-electron chi connectivity index (χ0n) is 12.4. The molecule has 0 unspecified atom stereocenters. The minimum absolute atomic E-state index is 0.512. The summed E-state index contributed by atoms with van der Waals surface area (Å²) < 4.78 is 4.99. The summed E-state index contributed by atoms with van der Waals surface area (Å²) in [6.07, 6.45) is 3.52. The highest BCUT2D eigenvalue weighted by atomic mass is 16.5. The van der Waals surface area contributed by atoms with Crippen molar-refractivity contribution in [2.24, 2.45) is 0 Å². The first-order valence-corrected chi connectivity index (χ1v) is 7.23. The number of nitrogens with zero attached hydrogens (tertiary/aromatic N) is 2. The van der Waals surface area contributed by atoms with Crippen molar-refractivity contribution in [2.75, 3.05) is 38.3 Å². The Kier molecular flexibility index (Phi) is 5.34. The Bertz CT molecular complexity index is 396. The first-order valence-electron chi connectivity index (χ1n) is 7.23. The number of hydrogen-bond acceptors (Lipinski definition) is 5. The van der Waals surface area contributed by atoms with Crippen molar-refractivity contribution in [1.29, 1.82) is 0 Å². The van der Waals surface area contributed by atoms with Crippen molar-refractivity contribution >= 4 is 5.82 Å². The van der Waals surface area contributed by atoms with Crippen LogP contribution in [0.1, 0.15) is 25.3 Å². The number of nitrogens with one attached hydrogen (secondary N) is 1. The van der Waals surface area contributed by atoms with Crippen LogP contribution in [0.4, 0.5) is 5.82 Å². The Morgan fingerprint density at radius 1 is 1.40 bits per heavy atom. The summed E-state index contributed by atoms with van der Waals surface area (Å²) in [4.78, 5) is 6.76. The second-order valence-electron chi connectivity index (χ2n) is 5.68. The summed E-state index contributed by atoms with van der Waals surface area (Å²) in [6, 6.07) is 4.17. The first kappa shape index (κ1) is 15.2. The summed E-state index contributed by atoms with van der Waals surface area (Å²) in [5, 5.41) is 13.3. The van der Waals surface area contributed by atoms with Crippen molar-refractivity contribution in [3.8, 4) is 0 Å². The Balaban J connectivity index is 1.82. The molecule has 1 saturated heterocycles. The van der Waals surface area contributed by atoms with E-state index >= 15 is 0 Å². The third-order valence-electron chi connectivity index (χ3n) is 3.79. The molecule has 0 amide bonds. The number of pyridine rings is 1. The summed E-state index contributed by atoms with van der Waals surface area (Å²) in [5.74, 6) is 1.00. The fourth-order valence-electron chi connectivity index (χ4n) is 2.33. The fourth-order valence-corrected chi connectivity index (χ4v) is 2.33. The van der Waals surface area contributed by atoms with Gasteiger partial charge in [0.25, 0.3) is 0 Å². The normalized spacial score (nSPS) is 18.2. The Morgan fingerprint density at radius 2 is 2.15 bits per heavy atom. The van der Waals surface area contributed by atoms with Crippen molar-refractivity contribution < 1.29 is 9.84 Å². The van der Waals surface area contributed by atoms with Gasteiger partial charge in [-0.2, -0.15) is 0 Å². The number of piperidine rings is 1. The summed E-state index contributed by atoms with van der Waals surface area (Å²) >= 11 is 0. The second kappa shape index (κ2) is 7.02. The molecule has 0 saturated carbocycles. The van der Waals surface area contributed by atoms with Gasteiger partial charge < -0.3 is 20.1 Å². The summed E-state index contributed by atoms with van der Waals surface area (Å²) in [6.45, 7) is 6.02. The van der Waals surface area contributed by atoms with Crippen LogP contribution in [0.25, 0.3) is 0 Å². The van der Waals surface area contributed by atoms with Gasteiger partial charge in [-0.3, -0.25) is 0 Å². The summed E-state index contributed by atoms with van der Waals surface area (Å²) in [7, 11) is 1.70. The lowest BCUT2D eigenvalue weighted by Gasteiger charge is -2.36. The van der Waals surface area contributed by atoms with Gasteiger partial charge in [0.1, 0.15) is 5.82 Å². The van der Waals surface area contributed by atoms with Crippen molar-refractivity contribution in [3.63, 3.8) is 0 Å². The van der Waals surface area contributed by atoms with Gasteiger partial charge in [0, 0.05) is 39.5 Å². The average Bonchev–Trinajstić information content (AvgIpc) is 2.45. The van der Waals surface area contributed by atoms with Crippen LogP contribution >= 0.6 is 0 Å². The number of aliphatic hydroxyl groups is 1.